The minimum atomic E-state index is 0.0838. The standard InChI is InChI=1S/C8H18N2O.C2H6/c1-5-10(7(2)3)6-8(11)9-4;1-2/h7H,5-6H2,1-4H3,(H,9,11);1-2H3. The zero-order chi connectivity index (χ0) is 10.9. The van der Waals surface area contributed by atoms with Gasteiger partial charge in [-0.1, -0.05) is 20.8 Å². The fraction of sp³-hybridized carbons (Fsp3) is 0.900. The van der Waals surface area contributed by atoms with Crippen molar-refractivity contribution in [1.82, 2.24) is 10.2 Å². The van der Waals surface area contributed by atoms with E-state index >= 15 is 0 Å². The van der Waals surface area contributed by atoms with Gasteiger partial charge < -0.3 is 5.32 Å². The predicted molar refractivity (Wildman–Crippen MR) is 57.8 cm³/mol. The first-order valence-electron chi connectivity index (χ1n) is 5.06. The number of carbonyl (C=O) groups excluding carboxylic acids is 1. The summed E-state index contributed by atoms with van der Waals surface area (Å²) in [5.41, 5.74) is 0. The van der Waals surface area contributed by atoms with Crippen LogP contribution in [-0.2, 0) is 4.79 Å². The molecular weight excluding hydrogens is 164 g/mol. The number of amides is 1. The Balaban J connectivity index is 0. The Bertz CT molecular complexity index is 124. The van der Waals surface area contributed by atoms with Gasteiger partial charge in [-0.15, -0.1) is 0 Å². The van der Waals surface area contributed by atoms with Crippen LogP contribution in [0.15, 0.2) is 0 Å². The molecule has 1 amide bonds. The quantitative estimate of drug-likeness (QED) is 0.725. The Kier molecular flexibility index (Phi) is 10.9. The lowest BCUT2D eigenvalue weighted by molar-refractivity contribution is -0.122. The van der Waals surface area contributed by atoms with E-state index in [9.17, 15) is 4.79 Å². The fourth-order valence-electron chi connectivity index (χ4n) is 0.923. The third-order valence-corrected chi connectivity index (χ3v) is 1.76. The van der Waals surface area contributed by atoms with Gasteiger partial charge in [0.1, 0.15) is 0 Å². The van der Waals surface area contributed by atoms with Crippen molar-refractivity contribution in [2.24, 2.45) is 0 Å². The first-order valence-corrected chi connectivity index (χ1v) is 5.06. The minimum Gasteiger partial charge on any atom is -0.358 e. The monoisotopic (exact) mass is 188 g/mol. The van der Waals surface area contributed by atoms with Crippen LogP contribution >= 0.6 is 0 Å². The molecular formula is C10H24N2O. The molecule has 0 fully saturated rings. The molecule has 0 atom stereocenters. The van der Waals surface area contributed by atoms with Crippen LogP contribution < -0.4 is 5.32 Å². The summed E-state index contributed by atoms with van der Waals surface area (Å²) in [6.45, 7) is 11.7. The second-order valence-electron chi connectivity index (χ2n) is 2.83. The zero-order valence-corrected chi connectivity index (χ0v) is 9.85. The van der Waals surface area contributed by atoms with E-state index in [2.05, 4.69) is 31.0 Å². The normalized spacial score (nSPS) is 9.54. The Morgan fingerprint density at radius 3 is 2.08 bits per heavy atom. The number of carbonyl (C=O) groups is 1. The van der Waals surface area contributed by atoms with Crippen molar-refractivity contribution < 1.29 is 4.79 Å². The van der Waals surface area contributed by atoms with E-state index in [1.165, 1.54) is 0 Å². The van der Waals surface area contributed by atoms with Crippen LogP contribution in [0.5, 0.6) is 0 Å². The molecule has 0 radical (unpaired) electrons. The first kappa shape index (κ1) is 14.9. The van der Waals surface area contributed by atoms with Crippen molar-refractivity contribution >= 4 is 5.91 Å². The highest BCUT2D eigenvalue weighted by atomic mass is 16.1. The van der Waals surface area contributed by atoms with Gasteiger partial charge in [0.25, 0.3) is 0 Å². The third-order valence-electron chi connectivity index (χ3n) is 1.76. The lowest BCUT2D eigenvalue weighted by atomic mass is 10.3. The lowest BCUT2D eigenvalue weighted by Crippen LogP contribution is -2.39. The van der Waals surface area contributed by atoms with Gasteiger partial charge in [0.2, 0.25) is 5.91 Å². The van der Waals surface area contributed by atoms with E-state index in [1.54, 1.807) is 7.05 Å². The van der Waals surface area contributed by atoms with E-state index in [4.69, 9.17) is 0 Å². The van der Waals surface area contributed by atoms with Gasteiger partial charge in [-0.2, -0.15) is 0 Å². The number of nitrogens with one attached hydrogen (secondary N) is 1. The Labute approximate surface area is 82.5 Å². The molecule has 80 valence electrons. The minimum absolute atomic E-state index is 0.0838. The number of rotatable bonds is 4. The van der Waals surface area contributed by atoms with Crippen LogP contribution in [0.2, 0.25) is 0 Å². The zero-order valence-electron chi connectivity index (χ0n) is 9.85. The maximum atomic E-state index is 10.9. The second-order valence-corrected chi connectivity index (χ2v) is 2.83. The largest absolute Gasteiger partial charge is 0.358 e. The number of likely N-dealkylation sites (N-methyl/N-ethyl adjacent to an activating group) is 2. The van der Waals surface area contributed by atoms with Gasteiger partial charge in [0.05, 0.1) is 6.54 Å². The maximum absolute atomic E-state index is 10.9. The van der Waals surface area contributed by atoms with Crippen LogP contribution in [0.1, 0.15) is 34.6 Å². The molecule has 0 aromatic heterocycles. The SMILES string of the molecule is CC.CCN(CC(=O)NC)C(C)C. The fourth-order valence-corrected chi connectivity index (χ4v) is 0.923. The molecule has 0 aromatic carbocycles. The van der Waals surface area contributed by atoms with Gasteiger partial charge in [-0.3, -0.25) is 9.69 Å². The highest BCUT2D eigenvalue weighted by Crippen LogP contribution is 1.95. The van der Waals surface area contributed by atoms with Crippen LogP contribution in [0.4, 0.5) is 0 Å². The molecule has 0 spiro atoms. The van der Waals surface area contributed by atoms with Crippen molar-refractivity contribution in [3.8, 4) is 0 Å². The van der Waals surface area contributed by atoms with Crippen molar-refractivity contribution in [1.29, 1.82) is 0 Å². The molecule has 0 aliphatic rings. The van der Waals surface area contributed by atoms with Crippen LogP contribution in [0.3, 0.4) is 0 Å². The van der Waals surface area contributed by atoms with Crippen LogP contribution in [0, 0.1) is 0 Å². The lowest BCUT2D eigenvalue weighted by Gasteiger charge is -2.23. The molecule has 0 saturated heterocycles. The molecule has 0 saturated carbocycles. The number of hydrogen-bond donors (Lipinski definition) is 1. The molecule has 13 heavy (non-hydrogen) atoms. The van der Waals surface area contributed by atoms with E-state index in [1.807, 2.05) is 13.8 Å². The van der Waals surface area contributed by atoms with E-state index in [0.717, 1.165) is 6.54 Å². The molecule has 0 heterocycles. The number of hydrogen-bond acceptors (Lipinski definition) is 2. The molecule has 0 unspecified atom stereocenters. The van der Waals surface area contributed by atoms with E-state index in [-0.39, 0.29) is 5.91 Å². The second kappa shape index (κ2) is 9.52. The summed E-state index contributed by atoms with van der Waals surface area (Å²) >= 11 is 0. The highest BCUT2D eigenvalue weighted by Gasteiger charge is 2.09. The van der Waals surface area contributed by atoms with Crippen molar-refractivity contribution in [3.63, 3.8) is 0 Å². The number of nitrogens with zero attached hydrogens (tertiary/aromatic N) is 1. The molecule has 0 aromatic rings. The molecule has 3 nitrogen and oxygen atoms in total. The van der Waals surface area contributed by atoms with Crippen molar-refractivity contribution in [2.45, 2.75) is 40.7 Å². The summed E-state index contributed by atoms with van der Waals surface area (Å²) in [6, 6.07) is 0.442. The highest BCUT2D eigenvalue weighted by molar-refractivity contribution is 5.77. The molecule has 3 heteroatoms. The summed E-state index contributed by atoms with van der Waals surface area (Å²) < 4.78 is 0. The van der Waals surface area contributed by atoms with Crippen LogP contribution in [-0.4, -0.2) is 37.0 Å². The maximum Gasteiger partial charge on any atom is 0.233 e. The Morgan fingerprint density at radius 2 is 1.85 bits per heavy atom. The van der Waals surface area contributed by atoms with E-state index < -0.39 is 0 Å². The summed E-state index contributed by atoms with van der Waals surface area (Å²) in [4.78, 5) is 13.0. The molecule has 0 aliphatic heterocycles. The van der Waals surface area contributed by atoms with E-state index in [0.29, 0.717) is 12.6 Å². The van der Waals surface area contributed by atoms with Gasteiger partial charge in [0, 0.05) is 13.1 Å². The molecule has 0 bridgehead atoms. The topological polar surface area (TPSA) is 32.3 Å². The van der Waals surface area contributed by atoms with Gasteiger partial charge >= 0.3 is 0 Å². The molecule has 0 aliphatic carbocycles. The van der Waals surface area contributed by atoms with Gasteiger partial charge in [0.15, 0.2) is 0 Å². The summed E-state index contributed by atoms with van der Waals surface area (Å²) in [5, 5.41) is 2.60. The van der Waals surface area contributed by atoms with Crippen LogP contribution in [0.25, 0.3) is 0 Å². The summed E-state index contributed by atoms with van der Waals surface area (Å²) in [7, 11) is 1.66. The third kappa shape index (κ3) is 7.78. The first-order chi connectivity index (χ1) is 6.11. The smallest absolute Gasteiger partial charge is 0.233 e. The summed E-state index contributed by atoms with van der Waals surface area (Å²) in [5.74, 6) is 0.0838. The average Bonchev–Trinajstić information content (AvgIpc) is 2.16. The van der Waals surface area contributed by atoms with Crippen molar-refractivity contribution in [2.75, 3.05) is 20.1 Å². The molecule has 1 N–H and O–H groups in total. The summed E-state index contributed by atoms with van der Waals surface area (Å²) in [6.07, 6.45) is 0. The predicted octanol–water partition coefficient (Wildman–Crippen LogP) is 1.49. The van der Waals surface area contributed by atoms with Crippen molar-refractivity contribution in [3.05, 3.63) is 0 Å². The molecule has 0 rings (SSSR count). The average molecular weight is 188 g/mol. The Morgan fingerprint density at radius 1 is 1.38 bits per heavy atom. The van der Waals surface area contributed by atoms with Gasteiger partial charge in [-0.25, -0.2) is 0 Å². The Hall–Kier alpha value is -0.570. The van der Waals surface area contributed by atoms with Gasteiger partial charge in [-0.05, 0) is 20.4 Å².